The number of nitrogens with one attached hydrogen (secondary N) is 1. The molecule has 60 valence electrons. The highest BCUT2D eigenvalue weighted by atomic mass is 127. The number of aliphatic hydroxyl groups is 1. The van der Waals surface area contributed by atoms with Crippen LogP contribution < -0.4 is 5.32 Å². The fourth-order valence-corrected chi connectivity index (χ4v) is 1.84. The molecule has 1 saturated heterocycles. The predicted octanol–water partition coefficient (Wildman–Crippen LogP) is -0.00740. The Labute approximate surface area is 75.3 Å². The van der Waals surface area contributed by atoms with Crippen molar-refractivity contribution in [2.24, 2.45) is 0 Å². The van der Waals surface area contributed by atoms with E-state index >= 15 is 0 Å². The molecule has 0 radical (unpaired) electrons. The third-order valence-electron chi connectivity index (χ3n) is 1.74. The Morgan fingerprint density at radius 2 is 2.50 bits per heavy atom. The molecular formula is C6H13IN2O. The van der Waals surface area contributed by atoms with Crippen molar-refractivity contribution in [3.05, 3.63) is 0 Å². The number of halogens is 1. The second kappa shape index (κ2) is 4.48. The van der Waals surface area contributed by atoms with Gasteiger partial charge < -0.3 is 10.4 Å². The summed E-state index contributed by atoms with van der Waals surface area (Å²) in [7, 11) is 0. The molecule has 0 saturated carbocycles. The van der Waals surface area contributed by atoms with Gasteiger partial charge in [0.05, 0.1) is 0 Å². The largest absolute Gasteiger partial charge is 0.396 e. The van der Waals surface area contributed by atoms with E-state index in [-0.39, 0.29) is 0 Å². The Bertz CT molecular complexity index is 99.7. The summed E-state index contributed by atoms with van der Waals surface area (Å²) < 4.78 is 2.27. The number of piperazine rings is 1. The number of hydrogen-bond acceptors (Lipinski definition) is 3. The van der Waals surface area contributed by atoms with Crippen molar-refractivity contribution < 1.29 is 5.11 Å². The first kappa shape index (κ1) is 8.70. The third kappa shape index (κ3) is 2.34. The van der Waals surface area contributed by atoms with Gasteiger partial charge in [-0.3, -0.25) is 0 Å². The van der Waals surface area contributed by atoms with Crippen molar-refractivity contribution in [2.75, 3.05) is 26.2 Å². The Kier molecular flexibility index (Phi) is 3.90. The minimum atomic E-state index is 0.297. The van der Waals surface area contributed by atoms with Crippen LogP contribution in [0.3, 0.4) is 0 Å². The van der Waals surface area contributed by atoms with Gasteiger partial charge in [0.15, 0.2) is 0 Å². The molecule has 1 rings (SSSR count). The average Bonchev–Trinajstić information content (AvgIpc) is 1.94. The van der Waals surface area contributed by atoms with E-state index in [4.69, 9.17) is 5.11 Å². The molecule has 1 aliphatic heterocycles. The van der Waals surface area contributed by atoms with Crippen LogP contribution in [0.25, 0.3) is 0 Å². The molecule has 0 aromatic rings. The quantitative estimate of drug-likeness (QED) is 0.539. The Morgan fingerprint density at radius 3 is 3.10 bits per heavy atom. The summed E-state index contributed by atoms with van der Waals surface area (Å²) >= 11 is 2.32. The molecule has 10 heavy (non-hydrogen) atoms. The fourth-order valence-electron chi connectivity index (χ4n) is 1.13. The van der Waals surface area contributed by atoms with E-state index in [0.717, 1.165) is 26.1 Å². The third-order valence-corrected chi connectivity index (χ3v) is 3.01. The van der Waals surface area contributed by atoms with E-state index in [0.29, 0.717) is 12.6 Å². The van der Waals surface area contributed by atoms with Crippen LogP contribution in [0.5, 0.6) is 0 Å². The van der Waals surface area contributed by atoms with Crippen LogP contribution >= 0.6 is 22.9 Å². The molecule has 0 spiro atoms. The maximum Gasteiger partial charge on any atom is 0.0446 e. The van der Waals surface area contributed by atoms with E-state index in [1.54, 1.807) is 0 Å². The standard InChI is InChI=1S/C6H13IN2O/c7-9-3-2-8-5-6(9)1-4-10/h6,8,10H,1-5H2. The summed E-state index contributed by atoms with van der Waals surface area (Å²) in [4.78, 5) is 0. The molecule has 1 atom stereocenters. The van der Waals surface area contributed by atoms with Crippen molar-refractivity contribution in [1.82, 2.24) is 8.43 Å². The van der Waals surface area contributed by atoms with Crippen LogP contribution in [0.2, 0.25) is 0 Å². The van der Waals surface area contributed by atoms with Gasteiger partial charge in [-0.2, -0.15) is 0 Å². The van der Waals surface area contributed by atoms with E-state index in [2.05, 4.69) is 31.3 Å². The molecule has 3 nitrogen and oxygen atoms in total. The van der Waals surface area contributed by atoms with Gasteiger partial charge in [0.1, 0.15) is 0 Å². The van der Waals surface area contributed by atoms with Crippen molar-refractivity contribution in [2.45, 2.75) is 12.5 Å². The van der Waals surface area contributed by atoms with Crippen molar-refractivity contribution >= 4 is 22.9 Å². The zero-order chi connectivity index (χ0) is 7.40. The second-order valence-electron chi connectivity index (χ2n) is 2.49. The highest BCUT2D eigenvalue weighted by Gasteiger charge is 2.18. The molecule has 2 N–H and O–H groups in total. The number of aliphatic hydroxyl groups excluding tert-OH is 1. The first-order valence-electron chi connectivity index (χ1n) is 3.58. The molecule has 0 amide bonds. The maximum atomic E-state index is 8.68. The Morgan fingerprint density at radius 1 is 1.70 bits per heavy atom. The molecule has 0 aromatic heterocycles. The van der Waals surface area contributed by atoms with E-state index < -0.39 is 0 Å². The number of hydrogen-bond donors (Lipinski definition) is 2. The second-order valence-corrected chi connectivity index (χ2v) is 3.73. The van der Waals surface area contributed by atoms with Gasteiger partial charge in [0.2, 0.25) is 0 Å². The van der Waals surface area contributed by atoms with E-state index in [9.17, 15) is 0 Å². The zero-order valence-electron chi connectivity index (χ0n) is 5.89. The molecule has 0 aromatic carbocycles. The molecule has 1 fully saturated rings. The van der Waals surface area contributed by atoms with Crippen LogP contribution in [0.4, 0.5) is 0 Å². The lowest BCUT2D eigenvalue weighted by Gasteiger charge is -2.30. The van der Waals surface area contributed by atoms with Crippen molar-refractivity contribution in [3.63, 3.8) is 0 Å². The lowest BCUT2D eigenvalue weighted by molar-refractivity contribution is 0.222. The van der Waals surface area contributed by atoms with Gasteiger partial charge in [-0.05, 0) is 6.42 Å². The van der Waals surface area contributed by atoms with Gasteiger partial charge in [-0.15, -0.1) is 0 Å². The van der Waals surface area contributed by atoms with Crippen LogP contribution in [-0.4, -0.2) is 40.5 Å². The Balaban J connectivity index is 2.25. The topological polar surface area (TPSA) is 35.5 Å². The zero-order valence-corrected chi connectivity index (χ0v) is 8.04. The summed E-state index contributed by atoms with van der Waals surface area (Å²) in [6.45, 7) is 3.48. The molecule has 0 aliphatic carbocycles. The minimum Gasteiger partial charge on any atom is -0.396 e. The summed E-state index contributed by atoms with van der Waals surface area (Å²) in [5.41, 5.74) is 0. The number of nitrogens with zero attached hydrogens (tertiary/aromatic N) is 1. The van der Waals surface area contributed by atoms with Gasteiger partial charge in [-0.25, -0.2) is 3.11 Å². The first-order valence-corrected chi connectivity index (χ1v) is 4.55. The highest BCUT2D eigenvalue weighted by molar-refractivity contribution is 14.1. The van der Waals surface area contributed by atoms with Gasteiger partial charge in [0, 0.05) is 55.1 Å². The smallest absolute Gasteiger partial charge is 0.0446 e. The number of rotatable bonds is 2. The lowest BCUT2D eigenvalue weighted by Crippen LogP contribution is -2.46. The van der Waals surface area contributed by atoms with Crippen molar-refractivity contribution in [1.29, 1.82) is 0 Å². The van der Waals surface area contributed by atoms with E-state index in [1.165, 1.54) is 0 Å². The molecular weight excluding hydrogens is 243 g/mol. The molecule has 4 heteroatoms. The average molecular weight is 256 g/mol. The van der Waals surface area contributed by atoms with Crippen LogP contribution in [0.15, 0.2) is 0 Å². The van der Waals surface area contributed by atoms with Gasteiger partial charge >= 0.3 is 0 Å². The van der Waals surface area contributed by atoms with Gasteiger partial charge in [0.25, 0.3) is 0 Å². The fraction of sp³-hybridized carbons (Fsp3) is 1.00. The molecule has 1 heterocycles. The lowest BCUT2D eigenvalue weighted by atomic mass is 10.2. The van der Waals surface area contributed by atoms with Crippen molar-refractivity contribution in [3.8, 4) is 0 Å². The summed E-state index contributed by atoms with van der Waals surface area (Å²) in [6.07, 6.45) is 0.885. The van der Waals surface area contributed by atoms with E-state index in [1.807, 2.05) is 0 Å². The van der Waals surface area contributed by atoms with Crippen LogP contribution in [0, 0.1) is 0 Å². The first-order chi connectivity index (χ1) is 4.84. The van der Waals surface area contributed by atoms with Crippen LogP contribution in [-0.2, 0) is 0 Å². The summed E-state index contributed by atoms with van der Waals surface area (Å²) in [5.74, 6) is 0. The summed E-state index contributed by atoms with van der Waals surface area (Å²) in [5, 5.41) is 12.0. The highest BCUT2D eigenvalue weighted by Crippen LogP contribution is 2.11. The monoisotopic (exact) mass is 256 g/mol. The summed E-state index contributed by atoms with van der Waals surface area (Å²) in [6, 6.07) is 0.527. The minimum absolute atomic E-state index is 0.297. The van der Waals surface area contributed by atoms with Crippen LogP contribution in [0.1, 0.15) is 6.42 Å². The normalized spacial score (nSPS) is 28.8. The SMILES string of the molecule is OCCC1CNCCN1I. The predicted molar refractivity (Wildman–Crippen MR) is 49.1 cm³/mol. The van der Waals surface area contributed by atoms with Gasteiger partial charge in [-0.1, -0.05) is 0 Å². The molecule has 1 unspecified atom stereocenters. The maximum absolute atomic E-state index is 8.68. The molecule has 0 bridgehead atoms. The Hall–Kier alpha value is 0.610. The molecule has 1 aliphatic rings.